The second-order valence-corrected chi connectivity index (χ2v) is 5.98. The topological polar surface area (TPSA) is 111 Å². The van der Waals surface area contributed by atoms with E-state index in [0.717, 1.165) is 0 Å². The summed E-state index contributed by atoms with van der Waals surface area (Å²) >= 11 is 4.75. The molecule has 0 amide bonds. The molecule has 7 nitrogen and oxygen atoms in total. The van der Waals surface area contributed by atoms with Crippen molar-refractivity contribution in [1.29, 1.82) is 0 Å². The molecule has 0 saturated heterocycles. The van der Waals surface area contributed by atoms with Crippen LogP contribution in [0.5, 0.6) is 0 Å². The molecule has 0 aromatic carbocycles. The first kappa shape index (κ1) is 14.4. The molecule has 2 aromatic heterocycles. The molecule has 0 fully saturated rings. The van der Waals surface area contributed by atoms with Crippen molar-refractivity contribution in [3.63, 3.8) is 0 Å². The minimum Gasteiger partial charge on any atom is -0.388 e. The van der Waals surface area contributed by atoms with Crippen molar-refractivity contribution in [2.24, 2.45) is 5.73 Å². The Morgan fingerprint density at radius 1 is 1.30 bits per heavy atom. The van der Waals surface area contributed by atoms with Gasteiger partial charge in [0.15, 0.2) is 0 Å². The second kappa shape index (κ2) is 5.99. The maximum atomic E-state index is 12.0. The summed E-state index contributed by atoms with van der Waals surface area (Å²) in [5, 5.41) is 0. The highest BCUT2D eigenvalue weighted by atomic mass is 32.2. The summed E-state index contributed by atoms with van der Waals surface area (Å²) in [6.07, 6.45) is 4.09. The van der Waals surface area contributed by atoms with Gasteiger partial charge in [0.25, 0.3) is 0 Å². The van der Waals surface area contributed by atoms with Gasteiger partial charge in [0.1, 0.15) is 16.2 Å². The third-order valence-corrected chi connectivity index (χ3v) is 3.98. The van der Waals surface area contributed by atoms with Gasteiger partial charge in [-0.05, 0) is 18.2 Å². The van der Waals surface area contributed by atoms with E-state index in [1.54, 1.807) is 6.07 Å². The number of thiocarbonyl (C=S) groups is 1. The van der Waals surface area contributed by atoms with Crippen molar-refractivity contribution in [1.82, 2.24) is 19.7 Å². The predicted octanol–water partition coefficient (Wildman–Crippen LogP) is -0.0157. The Kier molecular flexibility index (Phi) is 4.32. The zero-order valence-corrected chi connectivity index (χ0v) is 11.9. The van der Waals surface area contributed by atoms with Crippen LogP contribution in [0.25, 0.3) is 0 Å². The molecule has 0 aliphatic heterocycles. The van der Waals surface area contributed by atoms with Gasteiger partial charge in [0.2, 0.25) is 10.0 Å². The molecule has 0 bridgehead atoms. The molecule has 2 heterocycles. The Morgan fingerprint density at radius 3 is 2.65 bits per heavy atom. The molecule has 20 heavy (non-hydrogen) atoms. The van der Waals surface area contributed by atoms with Crippen LogP contribution in [0.4, 0.5) is 0 Å². The Labute approximate surface area is 121 Å². The lowest BCUT2D eigenvalue weighted by molar-refractivity contribution is 0.580. The van der Waals surface area contributed by atoms with Gasteiger partial charge in [0.05, 0.1) is 17.9 Å². The summed E-state index contributed by atoms with van der Waals surface area (Å²) in [5.74, 6) is 0. The lowest BCUT2D eigenvalue weighted by atomic mass is 10.3. The highest BCUT2D eigenvalue weighted by Gasteiger charge is 2.14. The summed E-state index contributed by atoms with van der Waals surface area (Å²) in [6.45, 7) is 0.0713. The average Bonchev–Trinajstić information content (AvgIpc) is 2.46. The van der Waals surface area contributed by atoms with Crippen LogP contribution in [-0.4, -0.2) is 28.4 Å². The Bertz CT molecular complexity index is 701. The molecule has 0 atom stereocenters. The summed E-state index contributed by atoms with van der Waals surface area (Å²) < 4.78 is 26.5. The van der Waals surface area contributed by atoms with E-state index >= 15 is 0 Å². The average molecular weight is 309 g/mol. The molecule has 0 spiro atoms. The Morgan fingerprint density at radius 2 is 2.10 bits per heavy atom. The van der Waals surface area contributed by atoms with Gasteiger partial charge < -0.3 is 5.73 Å². The minimum absolute atomic E-state index is 0.0338. The summed E-state index contributed by atoms with van der Waals surface area (Å²) in [5.41, 5.74) is 6.33. The fraction of sp³-hybridized carbons (Fsp3) is 0.0909. The third kappa shape index (κ3) is 3.53. The molecular formula is C11H11N5O2S2. The van der Waals surface area contributed by atoms with Crippen LogP contribution in [0.2, 0.25) is 0 Å². The fourth-order valence-corrected chi connectivity index (χ4v) is 2.42. The molecule has 0 radical (unpaired) electrons. The molecule has 0 aliphatic rings. The molecule has 9 heteroatoms. The first-order valence-corrected chi connectivity index (χ1v) is 7.38. The predicted molar refractivity (Wildman–Crippen MR) is 76.2 cm³/mol. The number of hydrogen-bond acceptors (Lipinski definition) is 6. The number of rotatable bonds is 5. The number of pyridine rings is 1. The summed E-state index contributed by atoms with van der Waals surface area (Å²) in [6, 6.07) is 4.47. The van der Waals surface area contributed by atoms with Crippen LogP contribution in [0.1, 0.15) is 11.4 Å². The number of hydrogen-bond donors (Lipinski definition) is 2. The SMILES string of the molecule is NC(=S)c1ccc(S(=O)(=O)NCc2ccncn2)cn1. The van der Waals surface area contributed by atoms with Gasteiger partial charge in [-0.1, -0.05) is 12.2 Å². The van der Waals surface area contributed by atoms with Gasteiger partial charge in [0, 0.05) is 12.4 Å². The van der Waals surface area contributed by atoms with Crippen LogP contribution in [-0.2, 0) is 16.6 Å². The summed E-state index contributed by atoms with van der Waals surface area (Å²) in [7, 11) is -3.66. The number of nitrogens with two attached hydrogens (primary N) is 1. The second-order valence-electron chi connectivity index (χ2n) is 3.77. The van der Waals surface area contributed by atoms with Gasteiger partial charge >= 0.3 is 0 Å². The minimum atomic E-state index is -3.66. The van der Waals surface area contributed by atoms with Crippen LogP contribution < -0.4 is 10.5 Å². The summed E-state index contributed by atoms with van der Waals surface area (Å²) in [4.78, 5) is 11.7. The van der Waals surface area contributed by atoms with Gasteiger partial charge in [-0.3, -0.25) is 4.98 Å². The molecule has 0 aliphatic carbocycles. The van der Waals surface area contributed by atoms with E-state index in [-0.39, 0.29) is 16.4 Å². The van der Waals surface area contributed by atoms with Crippen LogP contribution in [0.3, 0.4) is 0 Å². The smallest absolute Gasteiger partial charge is 0.242 e. The largest absolute Gasteiger partial charge is 0.388 e. The highest BCUT2D eigenvalue weighted by molar-refractivity contribution is 7.89. The maximum Gasteiger partial charge on any atom is 0.242 e. The maximum absolute atomic E-state index is 12.0. The Balaban J connectivity index is 2.12. The van der Waals surface area contributed by atoms with Crippen molar-refractivity contribution < 1.29 is 8.42 Å². The Hall–Kier alpha value is -1.97. The number of nitrogens with one attached hydrogen (secondary N) is 1. The standard InChI is InChI=1S/C11H11N5O2S2/c12-11(19)10-2-1-9(6-14-10)20(17,18)16-5-8-3-4-13-7-15-8/h1-4,6-7,16H,5H2,(H2,12,19). The van der Waals surface area contributed by atoms with Crippen LogP contribution in [0, 0.1) is 0 Å². The van der Waals surface area contributed by atoms with E-state index < -0.39 is 10.0 Å². The quantitative estimate of drug-likeness (QED) is 0.747. The lowest BCUT2D eigenvalue weighted by Gasteiger charge is -2.06. The van der Waals surface area contributed by atoms with Crippen molar-refractivity contribution in [2.75, 3.05) is 0 Å². The monoisotopic (exact) mass is 309 g/mol. The molecular weight excluding hydrogens is 298 g/mol. The molecule has 0 saturated carbocycles. The first-order valence-electron chi connectivity index (χ1n) is 5.49. The van der Waals surface area contributed by atoms with Gasteiger partial charge in [-0.15, -0.1) is 0 Å². The van der Waals surface area contributed by atoms with Crippen LogP contribution in [0.15, 0.2) is 41.8 Å². The molecule has 2 rings (SSSR count). The van der Waals surface area contributed by atoms with E-state index in [4.69, 9.17) is 18.0 Å². The van der Waals surface area contributed by atoms with Gasteiger partial charge in [-0.25, -0.2) is 23.1 Å². The first-order chi connectivity index (χ1) is 9.49. The van der Waals surface area contributed by atoms with Crippen LogP contribution >= 0.6 is 12.2 Å². The number of nitrogens with zero attached hydrogens (tertiary/aromatic N) is 3. The van der Waals surface area contributed by atoms with Crippen molar-refractivity contribution in [3.8, 4) is 0 Å². The van der Waals surface area contributed by atoms with Crippen molar-refractivity contribution >= 4 is 27.2 Å². The number of sulfonamides is 1. The fourth-order valence-electron chi connectivity index (χ4n) is 1.36. The zero-order chi connectivity index (χ0) is 14.6. The van der Waals surface area contributed by atoms with E-state index in [2.05, 4.69) is 19.7 Å². The van der Waals surface area contributed by atoms with Crippen molar-refractivity contribution in [2.45, 2.75) is 11.4 Å². The van der Waals surface area contributed by atoms with E-state index in [1.165, 1.54) is 30.9 Å². The third-order valence-electron chi connectivity index (χ3n) is 2.39. The van der Waals surface area contributed by atoms with E-state index in [9.17, 15) is 8.42 Å². The zero-order valence-electron chi connectivity index (χ0n) is 10.2. The normalized spacial score (nSPS) is 11.2. The van der Waals surface area contributed by atoms with E-state index in [0.29, 0.717) is 11.4 Å². The highest BCUT2D eigenvalue weighted by Crippen LogP contribution is 2.08. The van der Waals surface area contributed by atoms with Crippen molar-refractivity contribution in [3.05, 3.63) is 48.3 Å². The molecule has 3 N–H and O–H groups in total. The number of aromatic nitrogens is 3. The molecule has 0 unspecified atom stereocenters. The molecule has 2 aromatic rings. The van der Waals surface area contributed by atoms with E-state index in [1.807, 2.05) is 0 Å². The molecule has 104 valence electrons. The van der Waals surface area contributed by atoms with Gasteiger partial charge in [-0.2, -0.15) is 0 Å². The lowest BCUT2D eigenvalue weighted by Crippen LogP contribution is -2.24.